The van der Waals surface area contributed by atoms with Crippen LogP contribution in [0.4, 0.5) is 0 Å². The fourth-order valence-electron chi connectivity index (χ4n) is 2.10. The van der Waals surface area contributed by atoms with E-state index < -0.39 is 5.54 Å². The average Bonchev–Trinajstić information content (AvgIpc) is 3.12. The Balaban J connectivity index is 1.75. The third-order valence-electron chi connectivity index (χ3n) is 3.13. The molecule has 0 saturated carbocycles. The molecule has 0 aliphatic rings. The minimum absolute atomic E-state index is 0.383. The predicted octanol–water partition coefficient (Wildman–Crippen LogP) is 1.13. The second-order valence-corrected chi connectivity index (χ2v) is 5.17. The SMILES string of the molecule is C[C@@](N)(Cc1ccccc1)c1nnc(Cn2cncn2)o1. The molecule has 0 radical (unpaired) electrons. The van der Waals surface area contributed by atoms with E-state index in [-0.39, 0.29) is 0 Å². The molecule has 0 bridgehead atoms. The summed E-state index contributed by atoms with van der Waals surface area (Å²) in [4.78, 5) is 3.87. The highest BCUT2D eigenvalue weighted by Crippen LogP contribution is 2.21. The Morgan fingerprint density at radius 3 is 2.76 bits per heavy atom. The molecule has 0 amide bonds. The molecule has 21 heavy (non-hydrogen) atoms. The molecule has 2 heterocycles. The van der Waals surface area contributed by atoms with Crippen molar-refractivity contribution in [3.8, 4) is 0 Å². The zero-order valence-corrected chi connectivity index (χ0v) is 11.7. The lowest BCUT2D eigenvalue weighted by Gasteiger charge is -2.20. The van der Waals surface area contributed by atoms with Crippen molar-refractivity contribution in [2.75, 3.05) is 0 Å². The summed E-state index contributed by atoms with van der Waals surface area (Å²) in [7, 11) is 0. The summed E-state index contributed by atoms with van der Waals surface area (Å²) < 4.78 is 7.27. The molecule has 7 heteroatoms. The van der Waals surface area contributed by atoms with E-state index in [0.717, 1.165) is 5.56 Å². The number of hydrogen-bond donors (Lipinski definition) is 1. The second kappa shape index (κ2) is 5.45. The van der Waals surface area contributed by atoms with Gasteiger partial charge in [-0.3, -0.25) is 0 Å². The first-order valence-electron chi connectivity index (χ1n) is 6.61. The molecule has 2 aromatic heterocycles. The molecule has 3 aromatic rings. The van der Waals surface area contributed by atoms with Gasteiger partial charge >= 0.3 is 0 Å². The van der Waals surface area contributed by atoms with Crippen LogP contribution in [0.15, 0.2) is 47.4 Å². The van der Waals surface area contributed by atoms with Crippen LogP contribution in [-0.2, 0) is 18.5 Å². The van der Waals surface area contributed by atoms with Gasteiger partial charge in [0, 0.05) is 0 Å². The van der Waals surface area contributed by atoms with Gasteiger partial charge in [-0.1, -0.05) is 30.3 Å². The maximum atomic E-state index is 6.33. The molecular formula is C14H16N6O. The first-order chi connectivity index (χ1) is 10.1. The number of benzene rings is 1. The van der Waals surface area contributed by atoms with Crippen LogP contribution in [0.5, 0.6) is 0 Å². The van der Waals surface area contributed by atoms with Crippen LogP contribution in [0.2, 0.25) is 0 Å². The Hall–Kier alpha value is -2.54. The fraction of sp³-hybridized carbons (Fsp3) is 0.286. The van der Waals surface area contributed by atoms with Crippen molar-refractivity contribution in [2.24, 2.45) is 5.73 Å². The van der Waals surface area contributed by atoms with E-state index in [1.54, 1.807) is 11.0 Å². The molecule has 0 unspecified atom stereocenters. The monoisotopic (exact) mass is 284 g/mol. The van der Waals surface area contributed by atoms with Gasteiger partial charge in [0.05, 0.1) is 5.54 Å². The lowest BCUT2D eigenvalue weighted by molar-refractivity contribution is 0.331. The summed E-state index contributed by atoms with van der Waals surface area (Å²) in [5, 5.41) is 12.1. The Kier molecular flexibility index (Phi) is 3.49. The van der Waals surface area contributed by atoms with Crippen LogP contribution < -0.4 is 5.73 Å². The number of aromatic nitrogens is 5. The van der Waals surface area contributed by atoms with Crippen molar-refractivity contribution in [3.63, 3.8) is 0 Å². The van der Waals surface area contributed by atoms with Gasteiger partial charge in [0.1, 0.15) is 19.2 Å². The fourth-order valence-corrected chi connectivity index (χ4v) is 2.10. The third-order valence-corrected chi connectivity index (χ3v) is 3.13. The van der Waals surface area contributed by atoms with Crippen molar-refractivity contribution in [2.45, 2.75) is 25.4 Å². The topological polar surface area (TPSA) is 95.7 Å². The lowest BCUT2D eigenvalue weighted by atomic mass is 9.94. The van der Waals surface area contributed by atoms with Crippen LogP contribution in [0, 0.1) is 0 Å². The summed E-state index contributed by atoms with van der Waals surface area (Å²) in [6.07, 6.45) is 3.67. The van der Waals surface area contributed by atoms with E-state index in [4.69, 9.17) is 10.2 Å². The highest BCUT2D eigenvalue weighted by atomic mass is 16.4. The van der Waals surface area contributed by atoms with Crippen LogP contribution in [0.3, 0.4) is 0 Å². The Morgan fingerprint density at radius 1 is 1.24 bits per heavy atom. The quantitative estimate of drug-likeness (QED) is 0.754. The molecule has 0 spiro atoms. The summed E-state index contributed by atoms with van der Waals surface area (Å²) in [6.45, 7) is 2.27. The zero-order chi connectivity index (χ0) is 14.7. The minimum Gasteiger partial charge on any atom is -0.421 e. The molecule has 0 aliphatic heterocycles. The molecule has 2 N–H and O–H groups in total. The molecule has 108 valence electrons. The van der Waals surface area contributed by atoms with Crippen LogP contribution >= 0.6 is 0 Å². The van der Waals surface area contributed by atoms with Crippen LogP contribution in [0.25, 0.3) is 0 Å². The van der Waals surface area contributed by atoms with E-state index >= 15 is 0 Å². The average molecular weight is 284 g/mol. The molecule has 0 saturated heterocycles. The normalized spacial score (nSPS) is 14.0. The van der Waals surface area contributed by atoms with Crippen molar-refractivity contribution in [1.29, 1.82) is 0 Å². The standard InChI is InChI=1S/C14H16N6O/c1-14(15,7-11-5-3-2-4-6-11)13-19-18-12(21-13)8-20-10-16-9-17-20/h2-6,9-10H,7-8,15H2,1H3/t14-/m1/s1. The molecule has 0 aliphatic carbocycles. The van der Waals surface area contributed by atoms with Crippen molar-refractivity contribution in [3.05, 3.63) is 60.3 Å². The smallest absolute Gasteiger partial charge is 0.238 e. The highest BCUT2D eigenvalue weighted by molar-refractivity contribution is 5.19. The first kappa shape index (κ1) is 13.4. The van der Waals surface area contributed by atoms with Gasteiger partial charge in [0.25, 0.3) is 0 Å². The maximum absolute atomic E-state index is 6.33. The number of nitrogens with two attached hydrogens (primary N) is 1. The van der Waals surface area contributed by atoms with Crippen LogP contribution in [-0.4, -0.2) is 25.0 Å². The van der Waals surface area contributed by atoms with E-state index in [9.17, 15) is 0 Å². The summed E-state index contributed by atoms with van der Waals surface area (Å²) in [6, 6.07) is 9.99. The van der Waals surface area contributed by atoms with Gasteiger partial charge < -0.3 is 10.2 Å². The number of hydrogen-bond acceptors (Lipinski definition) is 6. The Labute approximate surface area is 121 Å². The van der Waals surface area contributed by atoms with Gasteiger partial charge in [0.15, 0.2) is 0 Å². The van der Waals surface area contributed by atoms with Crippen molar-refractivity contribution < 1.29 is 4.42 Å². The summed E-state index contributed by atoms with van der Waals surface area (Å²) in [5.41, 5.74) is 6.74. The Morgan fingerprint density at radius 2 is 2.05 bits per heavy atom. The number of rotatable bonds is 5. The second-order valence-electron chi connectivity index (χ2n) is 5.17. The molecule has 1 atom stereocenters. The van der Waals surface area contributed by atoms with E-state index in [1.807, 2.05) is 37.3 Å². The summed E-state index contributed by atoms with van der Waals surface area (Å²) in [5.74, 6) is 0.877. The molecular weight excluding hydrogens is 268 g/mol. The molecule has 1 aromatic carbocycles. The van der Waals surface area contributed by atoms with Crippen LogP contribution in [0.1, 0.15) is 24.3 Å². The van der Waals surface area contributed by atoms with Gasteiger partial charge in [-0.15, -0.1) is 10.2 Å². The molecule has 7 nitrogen and oxygen atoms in total. The Bertz CT molecular complexity index is 689. The first-order valence-corrected chi connectivity index (χ1v) is 6.61. The lowest BCUT2D eigenvalue weighted by Crippen LogP contribution is -2.35. The number of nitrogens with zero attached hydrogens (tertiary/aromatic N) is 5. The van der Waals surface area contributed by atoms with Gasteiger partial charge in [-0.05, 0) is 18.9 Å². The van der Waals surface area contributed by atoms with Crippen molar-refractivity contribution >= 4 is 0 Å². The predicted molar refractivity (Wildman–Crippen MR) is 75.1 cm³/mol. The largest absolute Gasteiger partial charge is 0.421 e. The van der Waals surface area contributed by atoms with Gasteiger partial charge in [0.2, 0.25) is 11.8 Å². The van der Waals surface area contributed by atoms with Gasteiger partial charge in [-0.25, -0.2) is 9.67 Å². The van der Waals surface area contributed by atoms with E-state index in [1.165, 1.54) is 6.33 Å². The van der Waals surface area contributed by atoms with E-state index in [0.29, 0.717) is 24.7 Å². The van der Waals surface area contributed by atoms with E-state index in [2.05, 4.69) is 20.3 Å². The maximum Gasteiger partial charge on any atom is 0.238 e. The zero-order valence-electron chi connectivity index (χ0n) is 11.7. The third kappa shape index (κ3) is 3.14. The highest BCUT2D eigenvalue weighted by Gasteiger charge is 2.28. The molecule has 3 rings (SSSR count). The van der Waals surface area contributed by atoms with Gasteiger partial charge in [-0.2, -0.15) is 5.10 Å². The van der Waals surface area contributed by atoms with Crippen molar-refractivity contribution in [1.82, 2.24) is 25.0 Å². The minimum atomic E-state index is -0.713. The molecule has 0 fully saturated rings. The summed E-state index contributed by atoms with van der Waals surface area (Å²) >= 11 is 0.